The first kappa shape index (κ1) is 35.0. The molecule has 3 heterocycles. The van der Waals surface area contributed by atoms with Crippen LogP contribution in [0, 0.1) is 23.2 Å². The minimum atomic E-state index is -0.224. The predicted octanol–water partition coefficient (Wildman–Crippen LogP) is 4.93. The summed E-state index contributed by atoms with van der Waals surface area (Å²) in [6.07, 6.45) is 7.94. The molecule has 1 aromatic carbocycles. The van der Waals surface area contributed by atoms with E-state index in [1.165, 1.54) is 44.8 Å². The molecule has 2 aromatic rings. The number of nitrogens with zero attached hydrogens (tertiary/aromatic N) is 2. The molecule has 0 radical (unpaired) electrons. The molecular formula is C35H52N4O5S. The van der Waals surface area contributed by atoms with Crippen molar-refractivity contribution in [3.63, 3.8) is 0 Å². The number of fused-ring (bicyclic) bond motifs is 1. The zero-order chi connectivity index (χ0) is 31.8. The van der Waals surface area contributed by atoms with Crippen molar-refractivity contribution < 1.29 is 25.0 Å². The average molecular weight is 641 g/mol. The van der Waals surface area contributed by atoms with E-state index in [0.717, 1.165) is 62.7 Å². The van der Waals surface area contributed by atoms with Crippen LogP contribution in [-0.4, -0.2) is 74.0 Å². The summed E-state index contributed by atoms with van der Waals surface area (Å²) in [5.41, 5.74) is 3.57. The summed E-state index contributed by atoms with van der Waals surface area (Å²) in [5, 5.41) is 16.6. The monoisotopic (exact) mass is 640 g/mol. The quantitative estimate of drug-likeness (QED) is 0.192. The fourth-order valence-electron chi connectivity index (χ4n) is 6.89. The number of nitrogens with one attached hydrogen (secondary N) is 2. The molecule has 0 unspecified atom stereocenters. The number of hydrogen-bond donors (Lipinski definition) is 3. The number of imide groups is 1. The Bertz CT molecular complexity index is 1400. The first-order valence-electron chi connectivity index (χ1n) is 16.3. The largest absolute Gasteiger partial charge is 0.870 e. The first-order chi connectivity index (χ1) is 20.7. The van der Waals surface area contributed by atoms with Gasteiger partial charge in [-0.2, -0.15) is 0 Å². The van der Waals surface area contributed by atoms with Crippen molar-refractivity contribution in [1.82, 2.24) is 20.1 Å². The third-order valence-corrected chi connectivity index (χ3v) is 10.4. The van der Waals surface area contributed by atoms with Crippen LogP contribution in [-0.2, 0) is 39.1 Å². The number of H-pyrrole nitrogens is 1. The Morgan fingerprint density at radius 1 is 0.978 bits per heavy atom. The van der Waals surface area contributed by atoms with Gasteiger partial charge in [0.05, 0.1) is 5.52 Å². The van der Waals surface area contributed by atoms with E-state index in [4.69, 9.17) is 0 Å². The molecule has 2 aliphatic heterocycles. The second-order valence-electron chi connectivity index (χ2n) is 15.4. The van der Waals surface area contributed by atoms with E-state index in [-0.39, 0.29) is 45.2 Å². The van der Waals surface area contributed by atoms with E-state index in [1.807, 2.05) is 6.07 Å². The smallest absolute Gasteiger partial charge is 0.253 e. The number of aromatic hydroxyl groups is 1. The molecule has 0 spiro atoms. The van der Waals surface area contributed by atoms with Gasteiger partial charge in [0.2, 0.25) is 10.9 Å². The summed E-state index contributed by atoms with van der Waals surface area (Å²) in [5.74, 6) is 0.860. The Morgan fingerprint density at radius 2 is 1.62 bits per heavy atom. The number of hydrogen-bond acceptors (Lipinski definition) is 6. The molecule has 45 heavy (non-hydrogen) atoms. The maximum atomic E-state index is 12.8. The van der Waals surface area contributed by atoms with E-state index in [2.05, 4.69) is 62.8 Å². The lowest BCUT2D eigenvalue weighted by atomic mass is 9.81. The van der Waals surface area contributed by atoms with Crippen LogP contribution in [0.5, 0.6) is 5.75 Å². The van der Waals surface area contributed by atoms with Gasteiger partial charge in [-0.15, -0.1) is 0 Å². The number of aromatic nitrogens is 1. The number of benzene rings is 1. The molecule has 1 saturated carbocycles. The summed E-state index contributed by atoms with van der Waals surface area (Å²) in [6.45, 7) is 17.4. The number of likely N-dealkylation sites (tertiary alicyclic amines) is 1. The van der Waals surface area contributed by atoms with Gasteiger partial charge in [-0.25, -0.2) is 0 Å². The Hall–Kier alpha value is -2.82. The summed E-state index contributed by atoms with van der Waals surface area (Å²) in [7, 11) is 0. The molecule has 2 fully saturated rings. The standard InChI is InChI=1S/C35H50N4O4S.H2O/c1-34(2,3)17-26-25-11-12-28(40)27(31(25)37-33(26)44-35(4,5)6)21-38-18-23(19-38)15-16-36-32(43)24-9-7-22(8-10-24)20-39-29(41)13-14-30(39)42;/h11-14,22-24,37,40H,7-10,15-21H2,1-6H3,(H,36,43);1H2. The normalized spacial score (nSPS) is 21.3. The number of aromatic amines is 1. The Morgan fingerprint density at radius 3 is 2.22 bits per heavy atom. The fraction of sp³-hybridized carbons (Fsp3) is 0.629. The van der Waals surface area contributed by atoms with Gasteiger partial charge in [0.15, 0.2) is 0 Å². The second-order valence-corrected chi connectivity index (χ2v) is 17.4. The van der Waals surface area contributed by atoms with Crippen LogP contribution in [0.1, 0.15) is 84.8 Å². The lowest BCUT2D eigenvalue weighted by Crippen LogP contribution is -2.47. The lowest BCUT2D eigenvalue weighted by molar-refractivity contribution is -0.138. The van der Waals surface area contributed by atoms with Gasteiger partial charge in [-0.3, -0.25) is 24.2 Å². The van der Waals surface area contributed by atoms with E-state index < -0.39 is 0 Å². The van der Waals surface area contributed by atoms with Crippen LogP contribution in [0.15, 0.2) is 29.3 Å². The molecule has 1 aliphatic carbocycles. The molecule has 3 amide bonds. The summed E-state index contributed by atoms with van der Waals surface area (Å²) in [6, 6.07) is 3.94. The van der Waals surface area contributed by atoms with Crippen molar-refractivity contribution in [2.45, 2.75) is 96.4 Å². The van der Waals surface area contributed by atoms with Crippen molar-refractivity contribution >= 4 is 40.4 Å². The van der Waals surface area contributed by atoms with Crippen LogP contribution < -0.4 is 5.32 Å². The van der Waals surface area contributed by atoms with Gasteiger partial charge < -0.3 is 20.9 Å². The minimum Gasteiger partial charge on any atom is -0.870 e. The zero-order valence-corrected chi connectivity index (χ0v) is 28.7. The van der Waals surface area contributed by atoms with Gasteiger partial charge in [0.25, 0.3) is 11.8 Å². The number of phenols is 1. The van der Waals surface area contributed by atoms with E-state index in [1.54, 1.807) is 0 Å². The number of thiol groups is 1. The van der Waals surface area contributed by atoms with Crippen LogP contribution in [0.25, 0.3) is 10.9 Å². The Balaban J connectivity index is 0.00000461. The molecule has 1 aromatic heterocycles. The highest BCUT2D eigenvalue weighted by Crippen LogP contribution is 2.38. The highest BCUT2D eigenvalue weighted by Gasteiger charge is 2.34. The number of rotatable bonds is 10. The van der Waals surface area contributed by atoms with Crippen molar-refractivity contribution in [3.8, 4) is 5.75 Å². The van der Waals surface area contributed by atoms with Crippen LogP contribution in [0.2, 0.25) is 0 Å². The van der Waals surface area contributed by atoms with Gasteiger partial charge >= 0.3 is 0 Å². The molecule has 3 aliphatic rings. The van der Waals surface area contributed by atoms with Gasteiger partial charge in [0.1, 0.15) is 10.5 Å². The third-order valence-electron chi connectivity index (χ3n) is 9.12. The van der Waals surface area contributed by atoms with Crippen molar-refractivity contribution in [2.24, 2.45) is 23.2 Å². The molecule has 4 N–H and O–H groups in total. The number of carbonyl (C=O) groups is 3. The van der Waals surface area contributed by atoms with Gasteiger partial charge in [-0.1, -0.05) is 20.8 Å². The summed E-state index contributed by atoms with van der Waals surface area (Å²) in [4.78, 5) is 44.0. The average Bonchev–Trinajstić information content (AvgIpc) is 3.40. The Kier molecular flexibility index (Phi) is 10.8. The highest BCUT2D eigenvalue weighted by atomic mass is 32.2. The predicted molar refractivity (Wildman–Crippen MR) is 180 cm³/mol. The van der Waals surface area contributed by atoms with Crippen LogP contribution in [0.4, 0.5) is 0 Å². The summed E-state index contributed by atoms with van der Waals surface area (Å²) < 4.78 is 0.129. The Labute approximate surface area is 271 Å². The molecule has 5 rings (SSSR count). The summed E-state index contributed by atoms with van der Waals surface area (Å²) >= 11 is 1.26. The van der Waals surface area contributed by atoms with Crippen molar-refractivity contribution in [3.05, 3.63) is 35.4 Å². The molecule has 0 atom stereocenters. The van der Waals surface area contributed by atoms with Crippen molar-refractivity contribution in [2.75, 3.05) is 26.2 Å². The highest BCUT2D eigenvalue weighted by molar-refractivity contribution is 7.80. The molecule has 248 valence electrons. The third kappa shape index (κ3) is 8.71. The number of phenolic OH excluding ortho intramolecular Hbond substituents is 1. The minimum absolute atomic E-state index is 0. The van der Waals surface area contributed by atoms with E-state index in [0.29, 0.717) is 31.3 Å². The number of carbonyl (C=O) groups excluding carboxylic acids is 3. The molecule has 9 nitrogen and oxygen atoms in total. The molecular weight excluding hydrogens is 588 g/mol. The van der Waals surface area contributed by atoms with E-state index >= 15 is 0 Å². The molecule has 10 heteroatoms. The lowest BCUT2D eigenvalue weighted by Gasteiger charge is -2.39. The maximum absolute atomic E-state index is 12.8. The maximum Gasteiger partial charge on any atom is 0.253 e. The molecule has 1 saturated heterocycles. The SMILES string of the molecule is CC(C)(C)Cc1c([SH+]C(C)(C)C)[nH]c2c(CN3CC(CCNC(=O)C4CCC(CN5C(=O)C=CC5=O)CC4)C3)c(O)ccc12.[OH-]. The van der Waals surface area contributed by atoms with Gasteiger partial charge in [-0.05, 0) is 88.7 Å². The fourth-order valence-corrected chi connectivity index (χ4v) is 8.06. The molecule has 0 bridgehead atoms. The number of amides is 3. The van der Waals surface area contributed by atoms with Gasteiger partial charge in [0, 0.05) is 79.1 Å². The first-order valence-corrected chi connectivity index (χ1v) is 17.2. The topological polar surface area (TPSA) is 136 Å². The second kappa shape index (κ2) is 13.9. The van der Waals surface area contributed by atoms with Crippen LogP contribution >= 0.6 is 0 Å². The van der Waals surface area contributed by atoms with Crippen molar-refractivity contribution in [1.29, 1.82) is 0 Å². The zero-order valence-electron chi connectivity index (χ0n) is 27.8. The van der Waals surface area contributed by atoms with Crippen LogP contribution in [0.3, 0.4) is 0 Å². The van der Waals surface area contributed by atoms with E-state index in [9.17, 15) is 19.5 Å².